The van der Waals surface area contributed by atoms with Crippen LogP contribution in [0.4, 0.5) is 5.69 Å². The van der Waals surface area contributed by atoms with E-state index in [-0.39, 0.29) is 5.78 Å². The van der Waals surface area contributed by atoms with Crippen LogP contribution in [0.15, 0.2) is 65.2 Å². The summed E-state index contributed by atoms with van der Waals surface area (Å²) in [5.74, 6) is -0.0512. The third-order valence-corrected chi connectivity index (χ3v) is 3.22. The Bertz CT molecular complexity index is 582. The molecule has 0 bridgehead atoms. The van der Waals surface area contributed by atoms with E-state index in [1.165, 1.54) is 0 Å². The molecule has 2 N–H and O–H groups in total. The fraction of sp³-hybridized carbons (Fsp3) is 0. The summed E-state index contributed by atoms with van der Waals surface area (Å²) in [6.45, 7) is 0. The van der Waals surface area contributed by atoms with Gasteiger partial charge in [-0.05, 0) is 47.5 Å². The monoisotopic (exact) mass is 327 g/mol. The molecule has 2 rings (SSSR count). The molecule has 0 radical (unpaired) electrons. The number of hydrogen-bond acceptors (Lipinski definition) is 2. The molecule has 0 saturated heterocycles. The van der Waals surface area contributed by atoms with Crippen LogP contribution in [-0.2, 0) is 4.79 Å². The van der Waals surface area contributed by atoms with Gasteiger partial charge in [-0.15, -0.1) is 0 Å². The van der Waals surface area contributed by atoms with E-state index in [0.717, 1.165) is 15.6 Å². The smallest absolute Gasteiger partial charge is 0.178 e. The van der Waals surface area contributed by atoms with Crippen molar-refractivity contribution in [2.45, 2.75) is 0 Å². The van der Waals surface area contributed by atoms with Crippen molar-refractivity contribution in [3.05, 3.63) is 76.3 Å². The molecule has 100 valence electrons. The number of hydrogen-bond donors (Lipinski definition) is 1. The van der Waals surface area contributed by atoms with Gasteiger partial charge in [0.1, 0.15) is 0 Å². The first kappa shape index (κ1) is 14.3. The van der Waals surface area contributed by atoms with E-state index in [0.29, 0.717) is 5.69 Å². The van der Waals surface area contributed by atoms with Gasteiger partial charge in [0.15, 0.2) is 5.78 Å². The van der Waals surface area contributed by atoms with Crippen molar-refractivity contribution in [1.82, 2.24) is 0 Å². The third kappa shape index (κ3) is 4.52. The molecule has 0 amide bonds. The molecule has 2 aromatic rings. The highest BCUT2D eigenvalue weighted by Crippen LogP contribution is 2.11. The molecule has 0 fully saturated rings. The molecule has 0 atom stereocenters. The van der Waals surface area contributed by atoms with Gasteiger partial charge in [0, 0.05) is 10.2 Å². The minimum absolute atomic E-state index is 0.0512. The van der Waals surface area contributed by atoms with Crippen molar-refractivity contribution in [3.63, 3.8) is 0 Å². The highest BCUT2D eigenvalue weighted by Gasteiger charge is 1.92. The number of carbonyl (C=O) groups excluding carboxylic acids is 1. The SMILES string of the molecule is Nc1ccc(/C=C/C(=O)/C=C/c2ccc(Br)cc2)cc1. The Hall–Kier alpha value is -2.13. The molecular weight excluding hydrogens is 314 g/mol. The zero-order chi connectivity index (χ0) is 14.4. The zero-order valence-electron chi connectivity index (χ0n) is 10.8. The molecule has 20 heavy (non-hydrogen) atoms. The average Bonchev–Trinajstić information content (AvgIpc) is 2.46. The summed E-state index contributed by atoms with van der Waals surface area (Å²) in [4.78, 5) is 11.7. The van der Waals surface area contributed by atoms with Crippen molar-refractivity contribution >= 4 is 39.6 Å². The lowest BCUT2D eigenvalue weighted by molar-refractivity contribution is -0.110. The maximum absolute atomic E-state index is 11.7. The number of carbonyl (C=O) groups is 1. The summed E-state index contributed by atoms with van der Waals surface area (Å²) >= 11 is 3.37. The van der Waals surface area contributed by atoms with Crippen LogP contribution in [0.3, 0.4) is 0 Å². The Morgan fingerprint density at radius 2 is 1.30 bits per heavy atom. The van der Waals surface area contributed by atoms with E-state index in [4.69, 9.17) is 5.73 Å². The minimum atomic E-state index is -0.0512. The first-order valence-corrected chi connectivity index (χ1v) is 6.94. The molecule has 0 spiro atoms. The lowest BCUT2D eigenvalue weighted by Crippen LogP contribution is -1.86. The highest BCUT2D eigenvalue weighted by atomic mass is 79.9. The summed E-state index contributed by atoms with van der Waals surface area (Å²) < 4.78 is 1.02. The van der Waals surface area contributed by atoms with Crippen LogP contribution in [0.1, 0.15) is 11.1 Å². The van der Waals surface area contributed by atoms with E-state index in [9.17, 15) is 4.79 Å². The zero-order valence-corrected chi connectivity index (χ0v) is 12.4. The number of anilines is 1. The Morgan fingerprint density at radius 1 is 0.850 bits per heavy atom. The lowest BCUT2D eigenvalue weighted by Gasteiger charge is -1.94. The number of nitrogen functional groups attached to an aromatic ring is 1. The van der Waals surface area contributed by atoms with Gasteiger partial charge in [-0.2, -0.15) is 0 Å². The Labute approximate surface area is 126 Å². The molecule has 0 unspecified atom stereocenters. The van der Waals surface area contributed by atoms with Crippen LogP contribution < -0.4 is 5.73 Å². The molecule has 0 aromatic heterocycles. The molecule has 2 aromatic carbocycles. The normalized spacial score (nSPS) is 11.2. The lowest BCUT2D eigenvalue weighted by atomic mass is 10.1. The van der Waals surface area contributed by atoms with Gasteiger partial charge in [-0.1, -0.05) is 52.3 Å². The van der Waals surface area contributed by atoms with E-state index < -0.39 is 0 Å². The van der Waals surface area contributed by atoms with Crippen molar-refractivity contribution < 1.29 is 4.79 Å². The number of nitrogens with two attached hydrogens (primary N) is 1. The van der Waals surface area contributed by atoms with Crippen molar-refractivity contribution in [2.75, 3.05) is 5.73 Å². The minimum Gasteiger partial charge on any atom is -0.399 e. The van der Waals surface area contributed by atoms with Crippen LogP contribution >= 0.6 is 15.9 Å². The Morgan fingerprint density at radius 3 is 1.80 bits per heavy atom. The van der Waals surface area contributed by atoms with Crippen LogP contribution in [0.2, 0.25) is 0 Å². The van der Waals surface area contributed by atoms with Crippen LogP contribution in [0.25, 0.3) is 12.2 Å². The molecule has 0 aliphatic carbocycles. The highest BCUT2D eigenvalue weighted by molar-refractivity contribution is 9.10. The summed E-state index contributed by atoms with van der Waals surface area (Å²) in [7, 11) is 0. The van der Waals surface area contributed by atoms with Gasteiger partial charge in [0.05, 0.1) is 0 Å². The van der Waals surface area contributed by atoms with E-state index in [2.05, 4.69) is 15.9 Å². The molecule has 0 aliphatic heterocycles. The second-order valence-corrected chi connectivity index (χ2v) is 5.20. The summed E-state index contributed by atoms with van der Waals surface area (Å²) in [6, 6.07) is 15.1. The molecule has 2 nitrogen and oxygen atoms in total. The second kappa shape index (κ2) is 6.87. The summed E-state index contributed by atoms with van der Waals surface area (Å²) in [5.41, 5.74) is 8.25. The molecule has 0 aliphatic rings. The second-order valence-electron chi connectivity index (χ2n) is 4.29. The van der Waals surface area contributed by atoms with E-state index in [1.807, 2.05) is 48.5 Å². The molecule has 3 heteroatoms. The Balaban J connectivity index is 1.98. The quantitative estimate of drug-likeness (QED) is 0.671. The van der Waals surface area contributed by atoms with Gasteiger partial charge in [-0.25, -0.2) is 0 Å². The maximum Gasteiger partial charge on any atom is 0.178 e. The fourth-order valence-electron chi connectivity index (χ4n) is 1.59. The van der Waals surface area contributed by atoms with Crippen LogP contribution in [-0.4, -0.2) is 5.78 Å². The molecule has 0 saturated carbocycles. The fourth-order valence-corrected chi connectivity index (χ4v) is 1.86. The Kier molecular flexibility index (Phi) is 4.91. The summed E-state index contributed by atoms with van der Waals surface area (Å²) in [6.07, 6.45) is 6.66. The van der Waals surface area contributed by atoms with Gasteiger partial charge in [0.25, 0.3) is 0 Å². The predicted octanol–water partition coefficient (Wildman–Crippen LogP) is 4.33. The first-order chi connectivity index (χ1) is 9.63. The number of benzene rings is 2. The third-order valence-electron chi connectivity index (χ3n) is 2.69. The van der Waals surface area contributed by atoms with Gasteiger partial charge in [-0.3, -0.25) is 4.79 Å². The summed E-state index contributed by atoms with van der Waals surface area (Å²) in [5, 5.41) is 0. The molecular formula is C17H14BrNO. The number of ketones is 1. The predicted molar refractivity (Wildman–Crippen MR) is 88.1 cm³/mol. The largest absolute Gasteiger partial charge is 0.399 e. The van der Waals surface area contributed by atoms with Crippen molar-refractivity contribution in [1.29, 1.82) is 0 Å². The van der Waals surface area contributed by atoms with Crippen LogP contribution in [0.5, 0.6) is 0 Å². The number of rotatable bonds is 4. The van der Waals surface area contributed by atoms with Gasteiger partial charge in [0.2, 0.25) is 0 Å². The van der Waals surface area contributed by atoms with Crippen molar-refractivity contribution in [3.8, 4) is 0 Å². The average molecular weight is 328 g/mol. The number of halogens is 1. The van der Waals surface area contributed by atoms with Crippen molar-refractivity contribution in [2.24, 2.45) is 0 Å². The topological polar surface area (TPSA) is 43.1 Å². The van der Waals surface area contributed by atoms with Gasteiger partial charge < -0.3 is 5.73 Å². The van der Waals surface area contributed by atoms with E-state index >= 15 is 0 Å². The first-order valence-electron chi connectivity index (χ1n) is 6.15. The van der Waals surface area contributed by atoms with Crippen LogP contribution in [0, 0.1) is 0 Å². The van der Waals surface area contributed by atoms with E-state index in [1.54, 1.807) is 24.3 Å². The standard InChI is InChI=1S/C17H14BrNO/c18-15-7-1-13(2-8-15)5-11-17(20)12-6-14-3-9-16(19)10-4-14/h1-12H,19H2/b11-5+,12-6+. The molecule has 0 heterocycles. The number of allylic oxidation sites excluding steroid dienone is 2. The van der Waals surface area contributed by atoms with Gasteiger partial charge >= 0.3 is 0 Å². The maximum atomic E-state index is 11.7.